The Hall–Kier alpha value is -2.68. The van der Waals surface area contributed by atoms with Crippen LogP contribution >= 0.6 is 11.8 Å². The van der Waals surface area contributed by atoms with E-state index in [0.717, 1.165) is 10.4 Å². The molecule has 0 saturated carbocycles. The lowest BCUT2D eigenvalue weighted by atomic mass is 10.3. The maximum Gasteiger partial charge on any atom is 0.299 e. The van der Waals surface area contributed by atoms with Gasteiger partial charge in [0, 0.05) is 0 Å². The summed E-state index contributed by atoms with van der Waals surface area (Å²) in [6.45, 7) is 2.14. The summed E-state index contributed by atoms with van der Waals surface area (Å²) in [6.07, 6.45) is -1.42. The Bertz CT molecular complexity index is 865. The van der Waals surface area contributed by atoms with E-state index in [1.54, 1.807) is 12.1 Å². The zero-order valence-corrected chi connectivity index (χ0v) is 14.7. The fourth-order valence-electron chi connectivity index (χ4n) is 2.07. The second-order valence-corrected chi connectivity index (χ2v) is 6.27. The number of alkyl halides is 2. The predicted molar refractivity (Wildman–Crippen MR) is 93.9 cm³/mol. The standard InChI is InChI=1S/C17H16F2N4O2S/c1-2-26-17-22-21-16(15(18)19)23(17)20-10-13-8-9-14(25-13)11-24-12-6-4-3-5-7-12/h3-10,15H,2,11H2,1H3. The van der Waals surface area contributed by atoms with Gasteiger partial charge in [-0.25, -0.2) is 8.78 Å². The highest BCUT2D eigenvalue weighted by molar-refractivity contribution is 7.99. The van der Waals surface area contributed by atoms with E-state index in [1.807, 2.05) is 37.3 Å². The second kappa shape index (κ2) is 8.61. The fraction of sp³-hybridized carbons (Fsp3) is 0.235. The summed E-state index contributed by atoms with van der Waals surface area (Å²) in [7, 11) is 0. The van der Waals surface area contributed by atoms with Gasteiger partial charge in [0.1, 0.15) is 23.9 Å². The number of halogens is 2. The Balaban J connectivity index is 1.70. The highest BCUT2D eigenvalue weighted by atomic mass is 32.2. The number of aromatic nitrogens is 3. The van der Waals surface area contributed by atoms with Gasteiger partial charge in [-0.2, -0.15) is 9.78 Å². The van der Waals surface area contributed by atoms with E-state index in [9.17, 15) is 8.78 Å². The van der Waals surface area contributed by atoms with E-state index in [0.29, 0.717) is 22.4 Å². The summed E-state index contributed by atoms with van der Waals surface area (Å²) < 4.78 is 38.3. The van der Waals surface area contributed by atoms with Crippen molar-refractivity contribution >= 4 is 18.0 Å². The van der Waals surface area contributed by atoms with Gasteiger partial charge in [-0.1, -0.05) is 36.9 Å². The number of thioether (sulfide) groups is 1. The van der Waals surface area contributed by atoms with Crippen LogP contribution in [0.15, 0.2) is 57.1 Å². The molecule has 0 N–H and O–H groups in total. The lowest BCUT2D eigenvalue weighted by molar-refractivity contribution is 0.135. The number of furan rings is 1. The first-order valence-corrected chi connectivity index (χ1v) is 8.83. The molecule has 0 aliphatic rings. The summed E-state index contributed by atoms with van der Waals surface area (Å²) in [5, 5.41) is 11.6. The van der Waals surface area contributed by atoms with Gasteiger partial charge in [-0.15, -0.1) is 10.2 Å². The van der Waals surface area contributed by atoms with Gasteiger partial charge in [0.15, 0.2) is 0 Å². The first-order chi connectivity index (χ1) is 12.7. The number of hydrogen-bond donors (Lipinski definition) is 0. The number of rotatable bonds is 8. The molecule has 0 atom stereocenters. The van der Waals surface area contributed by atoms with Crippen molar-refractivity contribution in [1.82, 2.24) is 14.9 Å². The van der Waals surface area contributed by atoms with Crippen molar-refractivity contribution in [3.05, 3.63) is 59.8 Å². The molecule has 0 fully saturated rings. The molecule has 0 unspecified atom stereocenters. The average Bonchev–Trinajstić information content (AvgIpc) is 3.26. The summed E-state index contributed by atoms with van der Waals surface area (Å²) >= 11 is 1.28. The molecule has 136 valence electrons. The summed E-state index contributed by atoms with van der Waals surface area (Å²) in [4.78, 5) is 0. The molecule has 0 saturated heterocycles. The van der Waals surface area contributed by atoms with Crippen molar-refractivity contribution < 1.29 is 17.9 Å². The lowest BCUT2D eigenvalue weighted by Crippen LogP contribution is -2.00. The maximum atomic E-state index is 13.0. The van der Waals surface area contributed by atoms with Gasteiger partial charge in [0.2, 0.25) is 11.0 Å². The van der Waals surface area contributed by atoms with Crippen molar-refractivity contribution in [3.63, 3.8) is 0 Å². The van der Waals surface area contributed by atoms with Crippen LogP contribution in [0.25, 0.3) is 0 Å². The van der Waals surface area contributed by atoms with Gasteiger partial charge in [0.25, 0.3) is 6.43 Å². The predicted octanol–water partition coefficient (Wildman–Crippen LogP) is 4.38. The van der Waals surface area contributed by atoms with Gasteiger partial charge in [-0.3, -0.25) is 0 Å². The van der Waals surface area contributed by atoms with Gasteiger partial charge in [0.05, 0.1) is 6.21 Å². The zero-order valence-electron chi connectivity index (χ0n) is 13.9. The van der Waals surface area contributed by atoms with Crippen LogP contribution in [-0.2, 0) is 6.61 Å². The van der Waals surface area contributed by atoms with Crippen molar-refractivity contribution in [2.45, 2.75) is 25.1 Å². The first kappa shape index (κ1) is 18.1. The Morgan fingerprint density at radius 2 is 2.04 bits per heavy atom. The minimum atomic E-state index is -2.77. The molecule has 6 nitrogen and oxygen atoms in total. The maximum absolute atomic E-state index is 13.0. The fourth-order valence-corrected chi connectivity index (χ4v) is 2.69. The Kier molecular flexibility index (Phi) is 6.00. The number of ether oxygens (including phenoxy) is 1. The molecule has 0 spiro atoms. The van der Waals surface area contributed by atoms with Crippen LogP contribution in [0, 0.1) is 0 Å². The molecule has 1 aromatic carbocycles. The first-order valence-electron chi connectivity index (χ1n) is 7.84. The highest BCUT2D eigenvalue weighted by Gasteiger charge is 2.19. The summed E-state index contributed by atoms with van der Waals surface area (Å²) in [5.41, 5.74) is 0. The molecule has 3 rings (SSSR count). The molecule has 9 heteroatoms. The van der Waals surface area contributed by atoms with Crippen LogP contribution in [0.1, 0.15) is 30.7 Å². The van der Waals surface area contributed by atoms with Crippen LogP contribution in [0.4, 0.5) is 8.78 Å². The normalized spacial score (nSPS) is 11.5. The van der Waals surface area contributed by atoms with Crippen LogP contribution in [0.5, 0.6) is 5.75 Å². The molecule has 2 heterocycles. The number of hydrogen-bond acceptors (Lipinski definition) is 6. The van der Waals surface area contributed by atoms with Crippen molar-refractivity contribution in [1.29, 1.82) is 0 Å². The quantitative estimate of drug-likeness (QED) is 0.430. The van der Waals surface area contributed by atoms with E-state index < -0.39 is 12.2 Å². The largest absolute Gasteiger partial charge is 0.486 e. The number of para-hydroxylation sites is 1. The van der Waals surface area contributed by atoms with Crippen LogP contribution < -0.4 is 4.74 Å². The molecule has 2 aromatic heterocycles. The molecule has 0 amide bonds. The van der Waals surface area contributed by atoms with E-state index >= 15 is 0 Å². The SMILES string of the molecule is CCSc1nnc(C(F)F)n1N=Cc1ccc(COc2ccccc2)o1. The van der Waals surface area contributed by atoms with Crippen LogP contribution in [0.3, 0.4) is 0 Å². The third-order valence-electron chi connectivity index (χ3n) is 3.21. The van der Waals surface area contributed by atoms with E-state index in [1.165, 1.54) is 18.0 Å². The topological polar surface area (TPSA) is 65.4 Å². The van der Waals surface area contributed by atoms with Gasteiger partial charge < -0.3 is 9.15 Å². The third-order valence-corrected chi connectivity index (χ3v) is 4.01. The van der Waals surface area contributed by atoms with Crippen molar-refractivity contribution in [3.8, 4) is 5.75 Å². The van der Waals surface area contributed by atoms with Gasteiger partial charge >= 0.3 is 0 Å². The molecular weight excluding hydrogens is 362 g/mol. The minimum Gasteiger partial charge on any atom is -0.486 e. The van der Waals surface area contributed by atoms with E-state index in [2.05, 4.69) is 15.3 Å². The Labute approximate surface area is 152 Å². The molecule has 0 aliphatic heterocycles. The Morgan fingerprint density at radius 1 is 1.23 bits per heavy atom. The molecular formula is C17H16F2N4O2S. The monoisotopic (exact) mass is 378 g/mol. The smallest absolute Gasteiger partial charge is 0.299 e. The summed E-state index contributed by atoms with van der Waals surface area (Å²) in [5.74, 6) is 1.90. The second-order valence-electron chi connectivity index (χ2n) is 5.04. The molecule has 0 bridgehead atoms. The zero-order chi connectivity index (χ0) is 18.4. The molecule has 26 heavy (non-hydrogen) atoms. The van der Waals surface area contributed by atoms with E-state index in [4.69, 9.17) is 9.15 Å². The number of benzene rings is 1. The van der Waals surface area contributed by atoms with Crippen LogP contribution in [-0.4, -0.2) is 26.8 Å². The lowest BCUT2D eigenvalue weighted by Gasteiger charge is -2.03. The molecule has 0 aliphatic carbocycles. The summed E-state index contributed by atoms with van der Waals surface area (Å²) in [6, 6.07) is 12.8. The van der Waals surface area contributed by atoms with Crippen molar-refractivity contribution in [2.24, 2.45) is 5.10 Å². The molecule has 0 radical (unpaired) electrons. The Morgan fingerprint density at radius 3 is 2.77 bits per heavy atom. The average molecular weight is 378 g/mol. The van der Waals surface area contributed by atoms with Gasteiger partial charge in [-0.05, 0) is 30.0 Å². The van der Waals surface area contributed by atoms with Crippen LogP contribution in [0.2, 0.25) is 0 Å². The highest BCUT2D eigenvalue weighted by Crippen LogP contribution is 2.23. The number of nitrogens with zero attached hydrogens (tertiary/aromatic N) is 4. The van der Waals surface area contributed by atoms with E-state index in [-0.39, 0.29) is 6.61 Å². The minimum absolute atomic E-state index is 0.254. The molecule has 3 aromatic rings. The van der Waals surface area contributed by atoms with Crippen molar-refractivity contribution in [2.75, 3.05) is 5.75 Å². The third kappa shape index (κ3) is 4.48.